The van der Waals surface area contributed by atoms with E-state index in [1.165, 1.54) is 14.0 Å². The monoisotopic (exact) mass is 468 g/mol. The average molecular weight is 469 g/mol. The van der Waals surface area contributed by atoms with Crippen molar-refractivity contribution >= 4 is 23.8 Å². The molecule has 0 unspecified atom stereocenters. The molecule has 2 amide bonds. The Morgan fingerprint density at radius 3 is 1.91 bits per heavy atom. The molecule has 182 valence electrons. The van der Waals surface area contributed by atoms with Crippen LogP contribution in [0.15, 0.2) is 54.6 Å². The Labute approximate surface area is 200 Å². The second-order valence-electron chi connectivity index (χ2n) is 8.93. The summed E-state index contributed by atoms with van der Waals surface area (Å²) < 4.78 is 10.2. The van der Waals surface area contributed by atoms with Crippen LogP contribution < -0.4 is 10.6 Å². The van der Waals surface area contributed by atoms with Gasteiger partial charge in [0.25, 0.3) is 0 Å². The predicted molar refractivity (Wildman–Crippen MR) is 127 cm³/mol. The number of hydrogen-bond donors (Lipinski definition) is 2. The summed E-state index contributed by atoms with van der Waals surface area (Å²) >= 11 is 0. The van der Waals surface area contributed by atoms with E-state index in [-0.39, 0.29) is 18.7 Å². The van der Waals surface area contributed by atoms with Crippen LogP contribution in [0.25, 0.3) is 0 Å². The van der Waals surface area contributed by atoms with E-state index >= 15 is 0 Å². The van der Waals surface area contributed by atoms with Gasteiger partial charge in [-0.3, -0.25) is 9.59 Å². The number of rotatable bonds is 9. The number of esters is 2. The minimum absolute atomic E-state index is 0.144. The standard InChI is InChI=1S/C26H32N2O6/c1-17(29)27-21(15-18-9-7-6-8-10-18)23(30)28-22(25(32)33-5)16-19-11-13-20(14-12-19)24(31)34-26(2,3)4/h6-14,21-22H,15-16H2,1-5H3,(H,27,29)(H,28,30)/t21-,22-/m1/s1. The summed E-state index contributed by atoms with van der Waals surface area (Å²) in [5.41, 5.74) is 1.34. The van der Waals surface area contributed by atoms with E-state index in [0.717, 1.165) is 5.56 Å². The van der Waals surface area contributed by atoms with Gasteiger partial charge in [-0.25, -0.2) is 9.59 Å². The third-order valence-corrected chi connectivity index (χ3v) is 4.81. The Kier molecular flexibility index (Phi) is 9.36. The van der Waals surface area contributed by atoms with Gasteiger partial charge in [0.1, 0.15) is 17.7 Å². The topological polar surface area (TPSA) is 111 Å². The molecule has 2 N–H and O–H groups in total. The summed E-state index contributed by atoms with van der Waals surface area (Å²) in [5.74, 6) is -1.93. The second kappa shape index (κ2) is 12.0. The molecule has 0 saturated carbocycles. The van der Waals surface area contributed by atoms with E-state index in [9.17, 15) is 19.2 Å². The van der Waals surface area contributed by atoms with E-state index in [1.807, 2.05) is 30.3 Å². The van der Waals surface area contributed by atoms with Gasteiger partial charge in [-0.2, -0.15) is 0 Å². The number of carbonyl (C=O) groups is 4. The van der Waals surface area contributed by atoms with Crippen molar-refractivity contribution in [1.82, 2.24) is 10.6 Å². The highest BCUT2D eigenvalue weighted by Crippen LogP contribution is 2.14. The Balaban J connectivity index is 2.13. The van der Waals surface area contributed by atoms with Crippen molar-refractivity contribution in [3.63, 3.8) is 0 Å². The summed E-state index contributed by atoms with van der Waals surface area (Å²) in [6.45, 7) is 6.69. The lowest BCUT2D eigenvalue weighted by molar-refractivity contribution is -0.145. The van der Waals surface area contributed by atoms with Gasteiger partial charge in [0, 0.05) is 19.8 Å². The van der Waals surface area contributed by atoms with E-state index < -0.39 is 35.5 Å². The van der Waals surface area contributed by atoms with Gasteiger partial charge < -0.3 is 20.1 Å². The van der Waals surface area contributed by atoms with E-state index in [2.05, 4.69) is 10.6 Å². The molecule has 0 spiro atoms. The minimum Gasteiger partial charge on any atom is -0.467 e. The molecule has 0 aliphatic heterocycles. The van der Waals surface area contributed by atoms with Gasteiger partial charge in [0.15, 0.2) is 0 Å². The number of amides is 2. The molecular weight excluding hydrogens is 436 g/mol. The molecule has 2 aromatic rings. The lowest BCUT2D eigenvalue weighted by Crippen LogP contribution is -2.53. The lowest BCUT2D eigenvalue weighted by atomic mass is 10.0. The largest absolute Gasteiger partial charge is 0.467 e. The number of hydrogen-bond acceptors (Lipinski definition) is 6. The highest BCUT2D eigenvalue weighted by Gasteiger charge is 2.27. The lowest BCUT2D eigenvalue weighted by Gasteiger charge is -2.22. The van der Waals surface area contributed by atoms with E-state index in [1.54, 1.807) is 45.0 Å². The van der Waals surface area contributed by atoms with E-state index in [4.69, 9.17) is 9.47 Å². The quantitative estimate of drug-likeness (QED) is 0.548. The van der Waals surface area contributed by atoms with Crippen LogP contribution in [0.2, 0.25) is 0 Å². The molecule has 0 heterocycles. The fraction of sp³-hybridized carbons (Fsp3) is 0.385. The number of ether oxygens (including phenoxy) is 2. The van der Waals surface area contributed by atoms with Crippen molar-refractivity contribution in [3.05, 3.63) is 71.3 Å². The van der Waals surface area contributed by atoms with Gasteiger partial charge >= 0.3 is 11.9 Å². The molecule has 0 radical (unpaired) electrons. The number of carbonyl (C=O) groups excluding carboxylic acids is 4. The zero-order valence-corrected chi connectivity index (χ0v) is 20.2. The molecule has 0 bridgehead atoms. The summed E-state index contributed by atoms with van der Waals surface area (Å²) in [6, 6.07) is 14.0. The Bertz CT molecular complexity index is 996. The Morgan fingerprint density at radius 1 is 0.824 bits per heavy atom. The van der Waals surface area contributed by atoms with Crippen molar-refractivity contribution in [2.75, 3.05) is 7.11 Å². The molecule has 0 saturated heterocycles. The average Bonchev–Trinajstić information content (AvgIpc) is 2.77. The first-order chi connectivity index (χ1) is 16.0. The highest BCUT2D eigenvalue weighted by atomic mass is 16.6. The first-order valence-electron chi connectivity index (χ1n) is 11.0. The van der Waals surface area contributed by atoms with Gasteiger partial charge in [-0.05, 0) is 44.0 Å². The third-order valence-electron chi connectivity index (χ3n) is 4.81. The van der Waals surface area contributed by atoms with Crippen molar-refractivity contribution < 1.29 is 28.7 Å². The second-order valence-corrected chi connectivity index (χ2v) is 8.93. The smallest absolute Gasteiger partial charge is 0.338 e. The zero-order valence-electron chi connectivity index (χ0n) is 20.2. The van der Waals surface area contributed by atoms with Crippen molar-refractivity contribution in [3.8, 4) is 0 Å². The van der Waals surface area contributed by atoms with Crippen LogP contribution >= 0.6 is 0 Å². The minimum atomic E-state index is -0.975. The van der Waals surface area contributed by atoms with Crippen LogP contribution in [-0.2, 0) is 36.7 Å². The fourth-order valence-corrected chi connectivity index (χ4v) is 3.26. The van der Waals surface area contributed by atoms with Crippen molar-refractivity contribution in [2.24, 2.45) is 0 Å². The van der Waals surface area contributed by atoms with Crippen LogP contribution in [0.4, 0.5) is 0 Å². The number of benzene rings is 2. The molecule has 0 aliphatic carbocycles. The SMILES string of the molecule is COC(=O)[C@@H](Cc1ccc(C(=O)OC(C)(C)C)cc1)NC(=O)[C@@H](Cc1ccccc1)NC(C)=O. The normalized spacial score (nSPS) is 12.7. The van der Waals surface area contributed by atoms with Gasteiger partial charge in [0.05, 0.1) is 12.7 Å². The number of methoxy groups -OCH3 is 1. The molecule has 0 aliphatic rings. The molecule has 2 aromatic carbocycles. The molecule has 0 fully saturated rings. The van der Waals surface area contributed by atoms with Gasteiger partial charge in [0.2, 0.25) is 11.8 Å². The zero-order chi connectivity index (χ0) is 25.3. The number of nitrogens with one attached hydrogen (secondary N) is 2. The maximum absolute atomic E-state index is 13.0. The first kappa shape index (κ1) is 26.6. The Morgan fingerprint density at radius 2 is 1.38 bits per heavy atom. The van der Waals surface area contributed by atoms with Crippen LogP contribution in [0.3, 0.4) is 0 Å². The van der Waals surface area contributed by atoms with Crippen molar-refractivity contribution in [1.29, 1.82) is 0 Å². The summed E-state index contributed by atoms with van der Waals surface area (Å²) in [5, 5.41) is 5.33. The highest BCUT2D eigenvalue weighted by molar-refractivity contribution is 5.91. The van der Waals surface area contributed by atoms with Gasteiger partial charge in [-0.15, -0.1) is 0 Å². The first-order valence-corrected chi connectivity index (χ1v) is 11.0. The molecule has 34 heavy (non-hydrogen) atoms. The molecule has 0 aromatic heterocycles. The molecule has 2 rings (SSSR count). The summed E-state index contributed by atoms with van der Waals surface area (Å²) in [4.78, 5) is 49.3. The third kappa shape index (κ3) is 8.69. The predicted octanol–water partition coefficient (Wildman–Crippen LogP) is 2.59. The van der Waals surface area contributed by atoms with Crippen molar-refractivity contribution in [2.45, 2.75) is 58.2 Å². The van der Waals surface area contributed by atoms with Crippen LogP contribution in [-0.4, -0.2) is 48.5 Å². The fourth-order valence-electron chi connectivity index (χ4n) is 3.26. The van der Waals surface area contributed by atoms with E-state index in [0.29, 0.717) is 11.1 Å². The van der Waals surface area contributed by atoms with Crippen LogP contribution in [0.5, 0.6) is 0 Å². The summed E-state index contributed by atoms with van der Waals surface area (Å²) in [6.07, 6.45) is 0.413. The molecule has 8 nitrogen and oxygen atoms in total. The van der Waals surface area contributed by atoms with Gasteiger partial charge in [-0.1, -0.05) is 42.5 Å². The molecule has 2 atom stereocenters. The maximum Gasteiger partial charge on any atom is 0.338 e. The Hall–Kier alpha value is -3.68. The summed E-state index contributed by atoms with van der Waals surface area (Å²) in [7, 11) is 1.24. The van der Waals surface area contributed by atoms with Crippen LogP contribution in [0, 0.1) is 0 Å². The molecule has 8 heteroatoms. The maximum atomic E-state index is 13.0. The van der Waals surface area contributed by atoms with Crippen LogP contribution in [0.1, 0.15) is 49.2 Å². The molecular formula is C26H32N2O6.